The van der Waals surface area contributed by atoms with Gasteiger partial charge < -0.3 is 9.94 Å². The molecule has 0 bridgehead atoms. The fraction of sp³-hybridized carbons (Fsp3) is 0.0769. The van der Waals surface area contributed by atoms with E-state index in [-0.39, 0.29) is 5.57 Å². The van der Waals surface area contributed by atoms with Gasteiger partial charge in [0.25, 0.3) is 0 Å². The highest BCUT2D eigenvalue weighted by molar-refractivity contribution is 5.96. The summed E-state index contributed by atoms with van der Waals surface area (Å²) in [5.74, 6) is -3.81. The van der Waals surface area contributed by atoms with Crippen molar-refractivity contribution in [3.63, 3.8) is 0 Å². The van der Waals surface area contributed by atoms with Crippen molar-refractivity contribution in [2.45, 2.75) is 6.18 Å². The molecule has 0 atom stereocenters. The minimum atomic E-state index is -5.18. The zero-order chi connectivity index (χ0) is 15.6. The third kappa shape index (κ3) is 3.41. The van der Waals surface area contributed by atoms with Crippen LogP contribution in [0, 0.1) is 0 Å². The molecule has 1 aromatic carbocycles. The quantitative estimate of drug-likeness (QED) is 0.862. The molecule has 0 aromatic heterocycles. The van der Waals surface area contributed by atoms with Gasteiger partial charge in [-0.05, 0) is 11.3 Å². The van der Waals surface area contributed by atoms with Crippen molar-refractivity contribution in [1.29, 1.82) is 0 Å². The van der Waals surface area contributed by atoms with Gasteiger partial charge in [-0.15, -0.1) is 0 Å². The predicted octanol–water partition coefficient (Wildman–Crippen LogP) is 0.510. The van der Waals surface area contributed by atoms with Crippen LogP contribution in [0.1, 0.15) is 0 Å². The first kappa shape index (κ1) is 14.6. The first-order chi connectivity index (χ1) is 9.77. The fourth-order valence-electron chi connectivity index (χ4n) is 1.59. The summed E-state index contributed by atoms with van der Waals surface area (Å²) >= 11 is 0. The van der Waals surface area contributed by atoms with Crippen LogP contribution in [0.4, 0.5) is 13.2 Å². The van der Waals surface area contributed by atoms with E-state index in [1.165, 1.54) is 6.08 Å². The van der Waals surface area contributed by atoms with Crippen molar-refractivity contribution >= 4 is 24.2 Å². The van der Waals surface area contributed by atoms with Crippen LogP contribution in [0.15, 0.2) is 36.0 Å². The van der Waals surface area contributed by atoms with E-state index in [0.29, 0.717) is 15.5 Å². The van der Waals surface area contributed by atoms with E-state index in [4.69, 9.17) is 5.11 Å². The van der Waals surface area contributed by atoms with Gasteiger partial charge >= 0.3 is 18.1 Å². The lowest BCUT2D eigenvalue weighted by atomic mass is 10.2. The van der Waals surface area contributed by atoms with Crippen molar-refractivity contribution in [3.8, 4) is 0 Å². The lowest BCUT2D eigenvalue weighted by molar-refractivity contribution is -0.220. The molecule has 0 saturated heterocycles. The lowest BCUT2D eigenvalue weighted by Crippen LogP contribution is -2.32. The summed E-state index contributed by atoms with van der Waals surface area (Å²) in [6, 6.07) is 6.37. The normalized spacial score (nSPS) is 14.0. The number of alkyl halides is 3. The maximum atomic E-state index is 12.2. The molecule has 0 amide bonds. The average Bonchev–Trinajstić information content (AvgIpc) is 2.56. The van der Waals surface area contributed by atoms with E-state index < -0.39 is 18.1 Å². The molecule has 1 heterocycles. The highest BCUT2D eigenvalue weighted by atomic mass is 19.4. The van der Waals surface area contributed by atoms with Crippen LogP contribution in [0.3, 0.4) is 0 Å². The van der Waals surface area contributed by atoms with E-state index in [2.05, 4.69) is 4.84 Å². The first-order valence-electron chi connectivity index (χ1n) is 5.58. The summed E-state index contributed by atoms with van der Waals surface area (Å²) in [5.41, 5.74) is -0.328. The summed E-state index contributed by atoms with van der Waals surface area (Å²) in [6.45, 7) is 0. The van der Waals surface area contributed by atoms with Crippen molar-refractivity contribution in [2.24, 2.45) is 0 Å². The molecular weight excluding hydrogens is 291 g/mol. The Hall–Kier alpha value is -2.77. The molecule has 1 aliphatic rings. The smallest absolute Gasteiger partial charge is 0.478 e. The molecule has 0 radical (unpaired) electrons. The highest BCUT2D eigenvalue weighted by Gasteiger charge is 2.42. The van der Waals surface area contributed by atoms with E-state index in [0.717, 1.165) is 12.4 Å². The fourth-order valence-corrected chi connectivity index (χ4v) is 1.59. The number of carbonyl (C=O) groups is 2. The standard InChI is InChI=1S/C13H8F3NO4/c14-13(15,16)12(20)21-17-6-9-4-2-1-3-8(9)5-10(7-17)11(18)19/h1-7H,(H,18,19). The third-order valence-corrected chi connectivity index (χ3v) is 2.51. The maximum absolute atomic E-state index is 12.2. The Morgan fingerprint density at radius 2 is 1.71 bits per heavy atom. The predicted molar refractivity (Wildman–Crippen MR) is 64.3 cm³/mol. The summed E-state index contributed by atoms with van der Waals surface area (Å²) in [5, 5.41) is 10.3. The van der Waals surface area contributed by atoms with Crippen molar-refractivity contribution in [3.05, 3.63) is 46.5 Å². The molecule has 0 saturated carbocycles. The van der Waals surface area contributed by atoms with Crippen LogP contribution in [0.25, 0.3) is 12.3 Å². The highest BCUT2D eigenvalue weighted by Crippen LogP contribution is 2.18. The Morgan fingerprint density at radius 3 is 2.29 bits per heavy atom. The largest absolute Gasteiger partial charge is 0.493 e. The van der Waals surface area contributed by atoms with Gasteiger partial charge in [0, 0.05) is 5.22 Å². The summed E-state index contributed by atoms with van der Waals surface area (Å²) < 4.78 is 36.6. The maximum Gasteiger partial charge on any atom is 0.493 e. The van der Waals surface area contributed by atoms with Crippen LogP contribution in [-0.4, -0.2) is 28.3 Å². The molecular formula is C13H8F3NO4. The van der Waals surface area contributed by atoms with Crippen molar-refractivity contribution in [2.75, 3.05) is 0 Å². The summed E-state index contributed by atoms with van der Waals surface area (Å²) in [6.07, 6.45) is -2.05. The number of rotatable bonds is 2. The van der Waals surface area contributed by atoms with Gasteiger partial charge in [-0.1, -0.05) is 24.3 Å². The lowest BCUT2D eigenvalue weighted by Gasteiger charge is -2.15. The van der Waals surface area contributed by atoms with Gasteiger partial charge in [0.05, 0.1) is 18.0 Å². The van der Waals surface area contributed by atoms with Gasteiger partial charge in [-0.2, -0.15) is 18.2 Å². The molecule has 1 aliphatic heterocycles. The minimum absolute atomic E-state index is 0.328. The molecule has 0 aliphatic carbocycles. The SMILES string of the molecule is O=C(O)C1=CN(OC(=O)C(F)(F)F)C=c2ccccc2=C1. The van der Waals surface area contributed by atoms with Gasteiger partial charge in [0.15, 0.2) is 0 Å². The summed E-state index contributed by atoms with van der Waals surface area (Å²) in [4.78, 5) is 26.0. The molecule has 110 valence electrons. The number of carboxylic acids is 1. The van der Waals surface area contributed by atoms with E-state index in [1.54, 1.807) is 24.3 Å². The second kappa shape index (κ2) is 5.31. The molecule has 1 aromatic rings. The molecule has 2 rings (SSSR count). The van der Waals surface area contributed by atoms with Gasteiger partial charge in [-0.3, -0.25) is 0 Å². The van der Waals surface area contributed by atoms with Crippen LogP contribution in [0.5, 0.6) is 0 Å². The number of aliphatic carboxylic acids is 1. The monoisotopic (exact) mass is 299 g/mol. The number of hydroxylamine groups is 2. The minimum Gasteiger partial charge on any atom is -0.478 e. The van der Waals surface area contributed by atoms with Crippen LogP contribution >= 0.6 is 0 Å². The van der Waals surface area contributed by atoms with Gasteiger partial charge in [-0.25, -0.2) is 9.59 Å². The molecule has 1 N–H and O–H groups in total. The third-order valence-electron chi connectivity index (χ3n) is 2.51. The number of hydrogen-bond donors (Lipinski definition) is 1. The van der Waals surface area contributed by atoms with Crippen LogP contribution in [0.2, 0.25) is 0 Å². The first-order valence-corrected chi connectivity index (χ1v) is 5.58. The van der Waals surface area contributed by atoms with Gasteiger partial charge in [0.2, 0.25) is 0 Å². The van der Waals surface area contributed by atoms with E-state index in [9.17, 15) is 22.8 Å². The number of carbonyl (C=O) groups excluding carboxylic acids is 1. The number of nitrogens with zero attached hydrogens (tertiary/aromatic N) is 1. The van der Waals surface area contributed by atoms with Crippen LogP contribution in [-0.2, 0) is 14.4 Å². The molecule has 0 unspecified atom stereocenters. The number of hydrogen-bond acceptors (Lipinski definition) is 4. The molecule has 21 heavy (non-hydrogen) atoms. The van der Waals surface area contributed by atoms with Crippen molar-refractivity contribution < 1.29 is 32.7 Å². The Balaban J connectivity index is 2.47. The number of carboxylic acid groups (broad SMARTS) is 1. The Labute approximate surface area is 115 Å². The van der Waals surface area contributed by atoms with Crippen molar-refractivity contribution in [1.82, 2.24) is 5.06 Å². The summed E-state index contributed by atoms with van der Waals surface area (Å²) in [7, 11) is 0. The van der Waals surface area contributed by atoms with E-state index >= 15 is 0 Å². The van der Waals surface area contributed by atoms with Gasteiger partial charge in [0.1, 0.15) is 0 Å². The molecule has 5 nitrogen and oxygen atoms in total. The zero-order valence-electron chi connectivity index (χ0n) is 10.3. The molecule has 0 fully saturated rings. The Morgan fingerprint density at radius 1 is 1.10 bits per heavy atom. The Bertz CT molecular complexity index is 737. The number of benzene rings is 1. The second-order valence-corrected chi connectivity index (χ2v) is 4.03. The van der Waals surface area contributed by atoms with Crippen LogP contribution < -0.4 is 10.4 Å². The Kier molecular flexibility index (Phi) is 3.70. The zero-order valence-corrected chi connectivity index (χ0v) is 10.3. The molecule has 8 heteroatoms. The van der Waals surface area contributed by atoms with E-state index in [1.807, 2.05) is 0 Å². The average molecular weight is 299 g/mol. The second-order valence-electron chi connectivity index (χ2n) is 4.03. The number of halogens is 3. The topological polar surface area (TPSA) is 66.8 Å². The number of fused-ring (bicyclic) bond motifs is 1. The molecule has 0 spiro atoms.